The third-order valence-electron chi connectivity index (χ3n) is 5.78. The Balaban J connectivity index is 1.62. The lowest BCUT2D eigenvalue weighted by Gasteiger charge is -2.16. The van der Waals surface area contributed by atoms with Crippen molar-refractivity contribution in [3.8, 4) is 11.5 Å². The number of anilines is 2. The van der Waals surface area contributed by atoms with Gasteiger partial charge in [0.1, 0.15) is 17.2 Å². The number of rotatable bonds is 5. The van der Waals surface area contributed by atoms with Gasteiger partial charge in [0, 0.05) is 19.3 Å². The number of halogens is 1. The van der Waals surface area contributed by atoms with Gasteiger partial charge in [0.2, 0.25) is 0 Å². The molecule has 0 saturated heterocycles. The van der Waals surface area contributed by atoms with E-state index in [1.807, 2.05) is 19.2 Å². The number of aromatic nitrogens is 4. The van der Waals surface area contributed by atoms with Crippen LogP contribution in [0, 0.1) is 12.7 Å². The van der Waals surface area contributed by atoms with Crippen molar-refractivity contribution in [1.29, 1.82) is 0 Å². The van der Waals surface area contributed by atoms with Gasteiger partial charge in [-0.25, -0.2) is 19.3 Å². The number of carbonyl (C=O) groups excluding carboxylic acids is 1. The fourth-order valence-electron chi connectivity index (χ4n) is 4.21. The molecule has 5 rings (SSSR count). The van der Waals surface area contributed by atoms with Crippen molar-refractivity contribution in [1.82, 2.24) is 19.4 Å². The lowest BCUT2D eigenvalue weighted by molar-refractivity contribution is 0.100. The molecular formula is C24H24FN7O. The maximum Gasteiger partial charge on any atom is 0.252 e. The molecule has 9 heteroatoms. The molecule has 1 aliphatic rings. The van der Waals surface area contributed by atoms with E-state index in [4.69, 9.17) is 15.7 Å². The number of nitrogens with two attached hydrogens (primary N) is 1. The average Bonchev–Trinajstić information content (AvgIpc) is 2.96. The van der Waals surface area contributed by atoms with Gasteiger partial charge in [0.15, 0.2) is 11.6 Å². The minimum atomic E-state index is -0.540. The minimum absolute atomic E-state index is 0.277. The number of primary amides is 1. The van der Waals surface area contributed by atoms with Crippen molar-refractivity contribution in [2.24, 2.45) is 5.73 Å². The maximum absolute atomic E-state index is 13.6. The van der Waals surface area contributed by atoms with Crippen LogP contribution >= 0.6 is 0 Å². The largest absolute Gasteiger partial charge is 0.381 e. The van der Waals surface area contributed by atoms with Crippen LogP contribution < -0.4 is 16.4 Å². The highest BCUT2D eigenvalue weighted by atomic mass is 19.1. The first-order chi connectivity index (χ1) is 16.0. The first-order valence-corrected chi connectivity index (χ1v) is 10.9. The van der Waals surface area contributed by atoms with E-state index in [-0.39, 0.29) is 5.82 Å². The van der Waals surface area contributed by atoms with Crippen molar-refractivity contribution < 1.29 is 9.18 Å². The Morgan fingerprint density at radius 2 is 2.09 bits per heavy atom. The van der Waals surface area contributed by atoms with Gasteiger partial charge in [-0.1, -0.05) is 12.1 Å². The molecule has 0 spiro atoms. The van der Waals surface area contributed by atoms with Gasteiger partial charge in [-0.3, -0.25) is 9.20 Å². The molecule has 4 heterocycles. The summed E-state index contributed by atoms with van der Waals surface area (Å²) in [6, 6.07) is 9.89. The smallest absolute Gasteiger partial charge is 0.252 e. The molecule has 168 valence electrons. The van der Waals surface area contributed by atoms with E-state index in [2.05, 4.69) is 15.6 Å². The molecule has 33 heavy (non-hydrogen) atoms. The molecule has 0 bridgehead atoms. The van der Waals surface area contributed by atoms with Gasteiger partial charge in [0.05, 0.1) is 22.6 Å². The molecular weight excluding hydrogens is 421 g/mol. The summed E-state index contributed by atoms with van der Waals surface area (Å²) >= 11 is 0. The zero-order valence-corrected chi connectivity index (χ0v) is 18.2. The summed E-state index contributed by atoms with van der Waals surface area (Å²) < 4.78 is 15.4. The molecule has 0 unspecified atom stereocenters. The number of nitrogens with zero attached hydrogens (tertiary/aromatic N) is 4. The number of benzene rings is 1. The van der Waals surface area contributed by atoms with Crippen LogP contribution in [-0.4, -0.2) is 31.8 Å². The van der Waals surface area contributed by atoms with Gasteiger partial charge < -0.3 is 16.4 Å². The molecule has 1 amide bonds. The first kappa shape index (κ1) is 20.9. The normalized spacial score (nSPS) is 13.3. The summed E-state index contributed by atoms with van der Waals surface area (Å²) in [5.41, 5.74) is 10.4. The number of hydrogen-bond donors (Lipinski definition) is 3. The van der Waals surface area contributed by atoms with E-state index < -0.39 is 5.91 Å². The van der Waals surface area contributed by atoms with E-state index in [1.165, 1.54) is 12.1 Å². The monoisotopic (exact) mass is 445 g/mol. The zero-order valence-electron chi connectivity index (χ0n) is 18.2. The van der Waals surface area contributed by atoms with Gasteiger partial charge in [-0.15, -0.1) is 0 Å². The molecule has 1 aromatic carbocycles. The SMILES string of the molecule is Cc1nc2c(C(N)=O)cccn2c1-c1nc2c(c(NCc3cccc(F)c3)n1)NCCCC2. The predicted octanol–water partition coefficient (Wildman–Crippen LogP) is 3.70. The van der Waals surface area contributed by atoms with Crippen LogP contribution in [0.25, 0.3) is 17.2 Å². The molecule has 0 saturated carbocycles. The Bertz CT molecular complexity index is 1360. The van der Waals surface area contributed by atoms with Crippen molar-refractivity contribution in [2.75, 3.05) is 17.2 Å². The fraction of sp³-hybridized carbons (Fsp3) is 0.250. The van der Waals surface area contributed by atoms with Crippen molar-refractivity contribution in [3.05, 3.63) is 70.9 Å². The number of aryl methyl sites for hydroxylation is 2. The van der Waals surface area contributed by atoms with Crippen LogP contribution in [0.2, 0.25) is 0 Å². The summed E-state index contributed by atoms with van der Waals surface area (Å²) in [5, 5.41) is 6.80. The lowest BCUT2D eigenvalue weighted by atomic mass is 10.1. The Labute approximate surface area is 190 Å². The number of nitrogens with one attached hydrogen (secondary N) is 2. The summed E-state index contributed by atoms with van der Waals surface area (Å²) in [5.74, 6) is 0.343. The second-order valence-corrected chi connectivity index (χ2v) is 8.11. The minimum Gasteiger partial charge on any atom is -0.381 e. The third-order valence-corrected chi connectivity index (χ3v) is 5.78. The zero-order chi connectivity index (χ0) is 22.9. The molecule has 3 aromatic heterocycles. The van der Waals surface area contributed by atoms with Crippen LogP contribution in [0.15, 0.2) is 42.6 Å². The maximum atomic E-state index is 13.6. The van der Waals surface area contributed by atoms with Crippen LogP contribution in [-0.2, 0) is 13.0 Å². The third kappa shape index (κ3) is 3.97. The van der Waals surface area contributed by atoms with Crippen molar-refractivity contribution >= 4 is 23.1 Å². The van der Waals surface area contributed by atoms with Crippen molar-refractivity contribution in [2.45, 2.75) is 32.7 Å². The summed E-state index contributed by atoms with van der Waals surface area (Å²) in [7, 11) is 0. The molecule has 0 atom stereocenters. The van der Waals surface area contributed by atoms with Crippen LogP contribution in [0.1, 0.15) is 40.2 Å². The van der Waals surface area contributed by atoms with Gasteiger partial charge in [0.25, 0.3) is 5.91 Å². The standard InChI is InChI=1S/C24H24FN7O/c1-14-20(32-11-5-8-17(21(26)33)24(32)29-14)23-30-18-9-2-3-10-27-19(18)22(31-23)28-13-15-6-4-7-16(25)12-15/h4-8,11-12,27H,2-3,9-10,13H2,1H3,(H2,26,33)(H,28,30,31). The topological polar surface area (TPSA) is 110 Å². The molecule has 0 radical (unpaired) electrons. The molecule has 0 aliphatic carbocycles. The Morgan fingerprint density at radius 1 is 1.21 bits per heavy atom. The van der Waals surface area contributed by atoms with E-state index in [0.717, 1.165) is 42.8 Å². The van der Waals surface area contributed by atoms with E-state index in [9.17, 15) is 9.18 Å². The fourth-order valence-corrected chi connectivity index (χ4v) is 4.21. The highest BCUT2D eigenvalue weighted by Gasteiger charge is 2.22. The van der Waals surface area contributed by atoms with Crippen LogP contribution in [0.5, 0.6) is 0 Å². The Kier molecular flexibility index (Phi) is 5.37. The van der Waals surface area contributed by atoms with Gasteiger partial charge >= 0.3 is 0 Å². The average molecular weight is 446 g/mol. The lowest BCUT2D eigenvalue weighted by Crippen LogP contribution is -2.13. The Hall–Kier alpha value is -4.01. The van der Waals surface area contributed by atoms with Gasteiger partial charge in [-0.2, -0.15) is 0 Å². The molecule has 4 N–H and O–H groups in total. The van der Waals surface area contributed by atoms with E-state index in [0.29, 0.717) is 40.8 Å². The number of amides is 1. The number of imidazole rings is 1. The van der Waals surface area contributed by atoms with Crippen LogP contribution in [0.3, 0.4) is 0 Å². The second kappa shape index (κ2) is 8.50. The second-order valence-electron chi connectivity index (χ2n) is 8.11. The summed E-state index contributed by atoms with van der Waals surface area (Å²) in [6.07, 6.45) is 4.68. The summed E-state index contributed by atoms with van der Waals surface area (Å²) in [6.45, 7) is 3.11. The van der Waals surface area contributed by atoms with Crippen molar-refractivity contribution in [3.63, 3.8) is 0 Å². The molecule has 0 fully saturated rings. The molecule has 1 aliphatic heterocycles. The highest BCUT2D eigenvalue weighted by molar-refractivity contribution is 5.99. The number of pyridine rings is 1. The first-order valence-electron chi connectivity index (χ1n) is 10.9. The summed E-state index contributed by atoms with van der Waals surface area (Å²) in [4.78, 5) is 26.2. The van der Waals surface area contributed by atoms with Crippen LogP contribution in [0.4, 0.5) is 15.9 Å². The number of hydrogen-bond acceptors (Lipinski definition) is 6. The Morgan fingerprint density at radius 3 is 2.91 bits per heavy atom. The number of carbonyl (C=O) groups is 1. The highest BCUT2D eigenvalue weighted by Crippen LogP contribution is 2.32. The van der Waals surface area contributed by atoms with E-state index >= 15 is 0 Å². The van der Waals surface area contributed by atoms with E-state index in [1.54, 1.807) is 22.6 Å². The predicted molar refractivity (Wildman–Crippen MR) is 125 cm³/mol. The molecule has 8 nitrogen and oxygen atoms in total. The quantitative estimate of drug-likeness (QED) is 0.432. The molecule has 4 aromatic rings. The number of fused-ring (bicyclic) bond motifs is 2. The van der Waals surface area contributed by atoms with Gasteiger partial charge in [-0.05, 0) is 56.0 Å².